The van der Waals surface area contributed by atoms with E-state index < -0.39 is 0 Å². The van der Waals surface area contributed by atoms with Gasteiger partial charge in [0, 0.05) is 17.3 Å². The summed E-state index contributed by atoms with van der Waals surface area (Å²) in [5.74, 6) is -0.0510. The summed E-state index contributed by atoms with van der Waals surface area (Å²) in [5.41, 5.74) is 1.87. The van der Waals surface area contributed by atoms with Gasteiger partial charge in [-0.2, -0.15) is 0 Å². The van der Waals surface area contributed by atoms with Gasteiger partial charge in [-0.25, -0.2) is 0 Å². The molecule has 0 radical (unpaired) electrons. The zero-order valence-electron chi connectivity index (χ0n) is 12.8. The molecule has 8 heteroatoms. The van der Waals surface area contributed by atoms with Crippen molar-refractivity contribution >= 4 is 51.4 Å². The van der Waals surface area contributed by atoms with E-state index in [0.29, 0.717) is 16.7 Å². The van der Waals surface area contributed by atoms with Crippen molar-refractivity contribution in [2.24, 2.45) is 0 Å². The number of benzene rings is 1. The number of rotatable bonds is 7. The van der Waals surface area contributed by atoms with Gasteiger partial charge in [0.2, 0.25) is 11.0 Å². The van der Waals surface area contributed by atoms with Crippen molar-refractivity contribution in [2.45, 2.75) is 23.4 Å². The number of amides is 1. The first-order valence-corrected chi connectivity index (χ1v) is 8.99. The molecule has 1 atom stereocenters. The summed E-state index contributed by atoms with van der Waals surface area (Å²) in [5, 5.41) is 15.2. The number of anilines is 2. The Labute approximate surface area is 148 Å². The Hall–Kier alpha value is -1.57. The topological polar surface area (TPSA) is 66.9 Å². The number of hydrogen-bond acceptors (Lipinski definition) is 6. The number of halogens is 1. The van der Waals surface area contributed by atoms with Crippen LogP contribution in [0.15, 0.2) is 35.2 Å². The first-order valence-electron chi connectivity index (χ1n) is 6.91. The predicted molar refractivity (Wildman–Crippen MR) is 97.9 cm³/mol. The van der Waals surface area contributed by atoms with Crippen LogP contribution >= 0.6 is 34.7 Å². The van der Waals surface area contributed by atoms with Crippen molar-refractivity contribution in [1.29, 1.82) is 0 Å². The van der Waals surface area contributed by atoms with E-state index in [1.54, 1.807) is 6.08 Å². The molecular weight excluding hydrogens is 352 g/mol. The molecule has 2 rings (SSSR count). The van der Waals surface area contributed by atoms with Crippen molar-refractivity contribution in [2.75, 3.05) is 11.9 Å². The monoisotopic (exact) mass is 368 g/mol. The Bertz CT molecular complexity index is 705. The van der Waals surface area contributed by atoms with Crippen LogP contribution in [0, 0.1) is 6.92 Å². The van der Waals surface area contributed by atoms with Gasteiger partial charge >= 0.3 is 0 Å². The summed E-state index contributed by atoms with van der Waals surface area (Å²) in [6.07, 6.45) is 1.65. The first kappa shape index (κ1) is 17.8. The van der Waals surface area contributed by atoms with Crippen LogP contribution in [0.5, 0.6) is 0 Å². The number of nitrogens with zero attached hydrogens (tertiary/aromatic N) is 2. The Kier molecular flexibility index (Phi) is 6.44. The Morgan fingerprint density at radius 1 is 1.52 bits per heavy atom. The van der Waals surface area contributed by atoms with Gasteiger partial charge in [0.05, 0.1) is 5.25 Å². The minimum atomic E-state index is -0.246. The third-order valence-corrected chi connectivity index (χ3v) is 5.33. The second-order valence-electron chi connectivity index (χ2n) is 4.76. The summed E-state index contributed by atoms with van der Waals surface area (Å²) in [6, 6.07) is 5.71. The molecule has 0 bridgehead atoms. The Balaban J connectivity index is 1.96. The van der Waals surface area contributed by atoms with E-state index in [-0.39, 0.29) is 11.2 Å². The quantitative estimate of drug-likeness (QED) is 0.570. The van der Waals surface area contributed by atoms with E-state index >= 15 is 0 Å². The number of aryl methyl sites for hydroxylation is 1. The van der Waals surface area contributed by atoms with Gasteiger partial charge in [0.15, 0.2) is 4.34 Å². The van der Waals surface area contributed by atoms with E-state index in [0.717, 1.165) is 15.6 Å². The number of thioether (sulfide) groups is 1. The Morgan fingerprint density at radius 2 is 2.30 bits per heavy atom. The highest BCUT2D eigenvalue weighted by Gasteiger charge is 2.16. The molecule has 1 aromatic heterocycles. The maximum Gasteiger partial charge on any atom is 0.233 e. The normalized spacial score (nSPS) is 11.8. The lowest BCUT2D eigenvalue weighted by atomic mass is 10.2. The molecule has 0 aliphatic heterocycles. The molecule has 0 aliphatic carbocycles. The second kappa shape index (κ2) is 8.33. The Morgan fingerprint density at radius 3 is 3.00 bits per heavy atom. The molecule has 0 aliphatic rings. The molecule has 0 fully saturated rings. The molecule has 0 saturated heterocycles. The number of carbonyl (C=O) groups excluding carboxylic acids is 1. The van der Waals surface area contributed by atoms with E-state index in [2.05, 4.69) is 27.4 Å². The molecule has 1 amide bonds. The molecule has 23 heavy (non-hydrogen) atoms. The van der Waals surface area contributed by atoms with E-state index in [1.165, 1.54) is 23.1 Å². The maximum absolute atomic E-state index is 11.8. The van der Waals surface area contributed by atoms with Crippen molar-refractivity contribution in [3.05, 3.63) is 41.4 Å². The highest BCUT2D eigenvalue weighted by Crippen LogP contribution is 2.31. The molecule has 1 aromatic carbocycles. The molecule has 2 N–H and O–H groups in total. The molecule has 122 valence electrons. The third kappa shape index (κ3) is 5.23. The SMILES string of the molecule is C=CCNC(=O)C(C)Sc1nnc(Nc2ccc(C)c(Cl)c2)s1. The van der Waals surface area contributed by atoms with Crippen LogP contribution in [-0.2, 0) is 4.79 Å². The van der Waals surface area contributed by atoms with Gasteiger partial charge in [-0.05, 0) is 31.5 Å². The third-order valence-electron chi connectivity index (χ3n) is 2.90. The van der Waals surface area contributed by atoms with Crippen LogP contribution < -0.4 is 10.6 Å². The minimum absolute atomic E-state index is 0.0510. The lowest BCUT2D eigenvalue weighted by Crippen LogP contribution is -2.30. The zero-order valence-corrected chi connectivity index (χ0v) is 15.2. The predicted octanol–water partition coefficient (Wildman–Crippen LogP) is 4.03. The summed E-state index contributed by atoms with van der Waals surface area (Å²) in [4.78, 5) is 11.8. The van der Waals surface area contributed by atoms with Gasteiger partial charge in [0.1, 0.15) is 0 Å². The average molecular weight is 369 g/mol. The van der Waals surface area contributed by atoms with Crippen molar-refractivity contribution in [3.8, 4) is 0 Å². The van der Waals surface area contributed by atoms with Crippen molar-refractivity contribution < 1.29 is 4.79 Å². The van der Waals surface area contributed by atoms with Gasteiger partial charge < -0.3 is 10.6 Å². The molecule has 5 nitrogen and oxygen atoms in total. The zero-order chi connectivity index (χ0) is 16.8. The number of aromatic nitrogens is 2. The molecule has 0 spiro atoms. The van der Waals surface area contributed by atoms with Gasteiger partial charge in [-0.15, -0.1) is 16.8 Å². The van der Waals surface area contributed by atoms with Gasteiger partial charge in [0.25, 0.3) is 0 Å². The fourth-order valence-corrected chi connectivity index (χ4v) is 3.74. The largest absolute Gasteiger partial charge is 0.352 e. The highest BCUT2D eigenvalue weighted by molar-refractivity contribution is 8.02. The van der Waals surface area contributed by atoms with Crippen molar-refractivity contribution in [3.63, 3.8) is 0 Å². The molecule has 1 heterocycles. The molecule has 1 unspecified atom stereocenters. The van der Waals surface area contributed by atoms with Crippen LogP contribution in [0.3, 0.4) is 0 Å². The van der Waals surface area contributed by atoms with Crippen LogP contribution in [-0.4, -0.2) is 27.9 Å². The van der Waals surface area contributed by atoms with E-state index in [4.69, 9.17) is 11.6 Å². The average Bonchev–Trinajstić information content (AvgIpc) is 2.95. The number of nitrogens with one attached hydrogen (secondary N) is 2. The van der Waals surface area contributed by atoms with Crippen LogP contribution in [0.25, 0.3) is 0 Å². The lowest BCUT2D eigenvalue weighted by Gasteiger charge is -2.08. The molecule has 2 aromatic rings. The summed E-state index contributed by atoms with van der Waals surface area (Å²) in [6.45, 7) is 7.81. The number of hydrogen-bond donors (Lipinski definition) is 2. The fraction of sp³-hybridized carbons (Fsp3) is 0.267. The lowest BCUT2D eigenvalue weighted by molar-refractivity contribution is -0.120. The van der Waals surface area contributed by atoms with E-state index in [9.17, 15) is 4.79 Å². The smallest absolute Gasteiger partial charge is 0.233 e. The highest BCUT2D eigenvalue weighted by atomic mass is 35.5. The number of carbonyl (C=O) groups is 1. The minimum Gasteiger partial charge on any atom is -0.352 e. The first-order chi connectivity index (χ1) is 11.0. The fourth-order valence-electron chi connectivity index (χ4n) is 1.62. The summed E-state index contributed by atoms with van der Waals surface area (Å²) in [7, 11) is 0. The van der Waals surface area contributed by atoms with Crippen LogP contribution in [0.4, 0.5) is 10.8 Å². The standard InChI is InChI=1S/C15H17ClN4OS2/c1-4-7-17-13(21)10(3)22-15-20-19-14(23-15)18-11-6-5-9(2)12(16)8-11/h4-6,8,10H,1,7H2,2-3H3,(H,17,21)(H,18,19). The van der Waals surface area contributed by atoms with Crippen molar-refractivity contribution in [1.82, 2.24) is 15.5 Å². The maximum atomic E-state index is 11.8. The van der Waals surface area contributed by atoms with Gasteiger partial charge in [-0.3, -0.25) is 4.79 Å². The van der Waals surface area contributed by atoms with Crippen LogP contribution in [0.1, 0.15) is 12.5 Å². The van der Waals surface area contributed by atoms with E-state index in [1.807, 2.05) is 32.0 Å². The summed E-state index contributed by atoms with van der Waals surface area (Å²) >= 11 is 8.87. The molecular formula is C15H17ClN4OS2. The van der Waals surface area contributed by atoms with Gasteiger partial charge in [-0.1, -0.05) is 46.8 Å². The second-order valence-corrected chi connectivity index (χ2v) is 7.73. The molecule has 0 saturated carbocycles. The summed E-state index contributed by atoms with van der Waals surface area (Å²) < 4.78 is 0.729. The van der Waals surface area contributed by atoms with Crippen LogP contribution in [0.2, 0.25) is 5.02 Å².